The zero-order chi connectivity index (χ0) is 26.4. The molecule has 1 saturated carbocycles. The second kappa shape index (κ2) is 9.81. The number of aromatic hydroxyl groups is 1. The van der Waals surface area contributed by atoms with E-state index in [1.807, 2.05) is 13.8 Å². The number of fused-ring (bicyclic) bond motifs is 1. The van der Waals surface area contributed by atoms with E-state index in [1.54, 1.807) is 9.47 Å². The minimum atomic E-state index is -0.734. The molecule has 1 aliphatic carbocycles. The lowest BCUT2D eigenvalue weighted by atomic mass is 10.00. The lowest BCUT2D eigenvalue weighted by Gasteiger charge is -2.38. The van der Waals surface area contributed by atoms with Crippen molar-refractivity contribution in [1.82, 2.24) is 14.5 Å². The Bertz CT molecular complexity index is 1440. The van der Waals surface area contributed by atoms with Crippen LogP contribution in [0.4, 0.5) is 8.78 Å². The smallest absolute Gasteiger partial charge is 0.274 e. The maximum atomic E-state index is 14.1. The van der Waals surface area contributed by atoms with Crippen LogP contribution in [0.2, 0.25) is 0 Å². The maximum absolute atomic E-state index is 14.1. The summed E-state index contributed by atoms with van der Waals surface area (Å²) in [5, 5.41) is 11.2. The molecule has 3 heterocycles. The number of amides is 1. The van der Waals surface area contributed by atoms with E-state index in [0.717, 1.165) is 30.2 Å². The molecule has 1 fully saturated rings. The number of aromatic nitrogens is 2. The second-order valence-corrected chi connectivity index (χ2v) is 11.2. The van der Waals surface area contributed by atoms with Crippen molar-refractivity contribution in [2.45, 2.75) is 58.0 Å². The number of nitrogens with zero attached hydrogens (tertiary/aromatic N) is 3. The van der Waals surface area contributed by atoms with E-state index in [4.69, 9.17) is 0 Å². The number of pyridine rings is 1. The number of ketones is 1. The van der Waals surface area contributed by atoms with Gasteiger partial charge in [-0.2, -0.15) is 0 Å². The highest BCUT2D eigenvalue weighted by molar-refractivity contribution is 7.15. The molecule has 3 aromatic rings. The molecule has 0 spiro atoms. The Hall–Kier alpha value is -3.40. The number of hydrogen-bond acceptors (Lipinski definition) is 6. The van der Waals surface area contributed by atoms with Crippen molar-refractivity contribution in [3.63, 3.8) is 0 Å². The van der Waals surface area contributed by atoms with Crippen molar-refractivity contribution in [2.24, 2.45) is 5.92 Å². The summed E-state index contributed by atoms with van der Waals surface area (Å²) in [4.78, 5) is 45.7. The Balaban J connectivity index is 1.51. The Morgan fingerprint density at radius 2 is 1.97 bits per heavy atom. The maximum Gasteiger partial charge on any atom is 0.274 e. The predicted octanol–water partition coefficient (Wildman–Crippen LogP) is 4.71. The monoisotopic (exact) mass is 527 g/mol. The first-order valence-corrected chi connectivity index (χ1v) is 13.1. The number of halogens is 2. The van der Waals surface area contributed by atoms with Gasteiger partial charge >= 0.3 is 0 Å². The topological polar surface area (TPSA) is 92.5 Å². The summed E-state index contributed by atoms with van der Waals surface area (Å²) in [6.45, 7) is 3.98. The molecule has 5 rings (SSSR count). The molecule has 1 amide bonds. The fourth-order valence-corrected chi connectivity index (χ4v) is 5.71. The van der Waals surface area contributed by atoms with Crippen LogP contribution in [0.25, 0.3) is 10.6 Å². The van der Waals surface area contributed by atoms with E-state index < -0.39 is 34.8 Å². The predicted molar refractivity (Wildman–Crippen MR) is 135 cm³/mol. The summed E-state index contributed by atoms with van der Waals surface area (Å²) in [7, 11) is 0. The van der Waals surface area contributed by atoms with E-state index in [-0.39, 0.29) is 48.0 Å². The minimum absolute atomic E-state index is 0.0918. The molecular weight excluding hydrogens is 500 g/mol. The van der Waals surface area contributed by atoms with E-state index in [2.05, 4.69) is 4.98 Å². The van der Waals surface area contributed by atoms with Gasteiger partial charge in [-0.05, 0) is 44.2 Å². The van der Waals surface area contributed by atoms with Gasteiger partial charge in [-0.3, -0.25) is 14.4 Å². The third-order valence-electron chi connectivity index (χ3n) is 6.94. The largest absolute Gasteiger partial charge is 0.503 e. The Morgan fingerprint density at radius 3 is 2.65 bits per heavy atom. The number of hydrogen-bond donors (Lipinski definition) is 1. The molecule has 2 aliphatic rings. The summed E-state index contributed by atoms with van der Waals surface area (Å²) >= 11 is 1.15. The van der Waals surface area contributed by atoms with Crippen molar-refractivity contribution >= 4 is 23.0 Å². The summed E-state index contributed by atoms with van der Waals surface area (Å²) < 4.78 is 28.9. The van der Waals surface area contributed by atoms with Gasteiger partial charge in [0.2, 0.25) is 5.43 Å². The Morgan fingerprint density at radius 1 is 1.22 bits per heavy atom. The average Bonchev–Trinajstić information content (AvgIpc) is 3.53. The lowest BCUT2D eigenvalue weighted by molar-refractivity contribution is -0.120. The van der Waals surface area contributed by atoms with Gasteiger partial charge in [-0.1, -0.05) is 6.07 Å². The van der Waals surface area contributed by atoms with Crippen molar-refractivity contribution in [1.29, 1.82) is 0 Å². The summed E-state index contributed by atoms with van der Waals surface area (Å²) in [5.41, 5.74) is -0.469. The first-order chi connectivity index (χ1) is 17.6. The normalized spacial score (nSPS) is 17.4. The van der Waals surface area contributed by atoms with Gasteiger partial charge in [0, 0.05) is 55.2 Å². The van der Waals surface area contributed by atoms with Gasteiger partial charge in [-0.25, -0.2) is 13.8 Å². The second-order valence-electron chi connectivity index (χ2n) is 10.1. The van der Waals surface area contributed by atoms with Crippen LogP contribution < -0.4 is 5.43 Å². The minimum Gasteiger partial charge on any atom is -0.503 e. The van der Waals surface area contributed by atoms with E-state index in [0.29, 0.717) is 22.2 Å². The number of carbonyl (C=O) groups excluding carboxylic acids is 2. The molecule has 1 N–H and O–H groups in total. The van der Waals surface area contributed by atoms with Crippen LogP contribution in [0, 0.1) is 17.6 Å². The zero-order valence-electron chi connectivity index (χ0n) is 20.5. The highest BCUT2D eigenvalue weighted by Gasteiger charge is 2.37. The third kappa shape index (κ3) is 5.07. The number of Topliss-reactive ketones (excluding diaryl/α,β-unsaturated/α-hetero) is 1. The molecule has 7 nitrogen and oxygen atoms in total. The molecule has 1 aromatic carbocycles. The molecule has 194 valence electrons. The van der Waals surface area contributed by atoms with E-state index in [9.17, 15) is 28.3 Å². The van der Waals surface area contributed by atoms with Crippen LogP contribution in [0.1, 0.15) is 66.5 Å². The van der Waals surface area contributed by atoms with Crippen molar-refractivity contribution in [3.05, 3.63) is 68.6 Å². The Kier molecular flexibility index (Phi) is 6.70. The van der Waals surface area contributed by atoms with Crippen LogP contribution in [-0.2, 0) is 11.2 Å². The molecular formula is C27H27F2N3O4S. The van der Waals surface area contributed by atoms with Gasteiger partial charge in [0.15, 0.2) is 11.4 Å². The van der Waals surface area contributed by atoms with Gasteiger partial charge in [-0.15, -0.1) is 11.3 Å². The van der Waals surface area contributed by atoms with Gasteiger partial charge in [0.25, 0.3) is 5.91 Å². The first kappa shape index (κ1) is 25.3. The molecule has 0 saturated heterocycles. The molecule has 2 aromatic heterocycles. The van der Waals surface area contributed by atoms with E-state index >= 15 is 0 Å². The Labute approximate surface area is 216 Å². The zero-order valence-corrected chi connectivity index (χ0v) is 21.4. The third-order valence-corrected chi connectivity index (χ3v) is 7.97. The number of rotatable bonds is 8. The average molecular weight is 528 g/mol. The van der Waals surface area contributed by atoms with Crippen LogP contribution >= 0.6 is 11.3 Å². The SMILES string of the molecule is CC(C)N1CC(CC(=O)CC2CC2)n2cc(-c3ncc(Cc4ccc(F)cc4F)s3)c(=O)c(O)c2C1=O. The van der Waals surface area contributed by atoms with E-state index in [1.165, 1.54) is 24.5 Å². The van der Waals surface area contributed by atoms with Crippen molar-refractivity contribution in [3.8, 4) is 16.3 Å². The summed E-state index contributed by atoms with van der Waals surface area (Å²) in [6.07, 6.45) is 5.95. The first-order valence-electron chi connectivity index (χ1n) is 12.3. The molecule has 1 aliphatic heterocycles. The lowest BCUT2D eigenvalue weighted by Crippen LogP contribution is -2.48. The standard InChI is InChI=1S/C27H27F2N3O4S/c1-14(2)31-12-18(10-19(33)7-15-3-4-15)32-13-21(24(34)25(35)23(32)27(31)36)26-30-11-20(37-26)8-16-5-6-17(28)9-22(16)29/h5-6,9,11,13-15,18,35H,3-4,7-8,10,12H2,1-2H3. The summed E-state index contributed by atoms with van der Waals surface area (Å²) in [5.74, 6) is -1.96. The molecule has 1 atom stereocenters. The quantitative estimate of drug-likeness (QED) is 0.458. The van der Waals surface area contributed by atoms with Gasteiger partial charge in [0.1, 0.15) is 22.4 Å². The number of thiazole rings is 1. The van der Waals surface area contributed by atoms with Crippen molar-refractivity contribution in [2.75, 3.05) is 6.54 Å². The van der Waals surface area contributed by atoms with Crippen LogP contribution in [0.5, 0.6) is 5.75 Å². The van der Waals surface area contributed by atoms with Crippen LogP contribution in [-0.4, -0.2) is 43.8 Å². The fraction of sp³-hybridized carbons (Fsp3) is 0.407. The summed E-state index contributed by atoms with van der Waals surface area (Å²) in [6, 6.07) is 2.74. The van der Waals surface area contributed by atoms with Crippen molar-refractivity contribution < 1.29 is 23.5 Å². The molecule has 0 bridgehead atoms. The van der Waals surface area contributed by atoms with Gasteiger partial charge < -0.3 is 14.6 Å². The molecule has 1 unspecified atom stereocenters. The number of benzene rings is 1. The highest BCUT2D eigenvalue weighted by Crippen LogP contribution is 2.36. The highest BCUT2D eigenvalue weighted by atomic mass is 32.1. The molecule has 10 heteroatoms. The molecule has 0 radical (unpaired) electrons. The number of carbonyl (C=O) groups is 2. The van der Waals surface area contributed by atoms with Gasteiger partial charge in [0.05, 0.1) is 11.6 Å². The van der Waals surface area contributed by atoms with Crippen LogP contribution in [0.15, 0.2) is 35.4 Å². The van der Waals surface area contributed by atoms with Crippen LogP contribution in [0.3, 0.4) is 0 Å². The molecule has 37 heavy (non-hydrogen) atoms. The fourth-order valence-electron chi connectivity index (χ4n) is 4.77.